The van der Waals surface area contributed by atoms with E-state index in [9.17, 15) is 0 Å². The lowest BCUT2D eigenvalue weighted by Crippen LogP contribution is -1.92. The zero-order valence-electron chi connectivity index (χ0n) is 7.62. The third-order valence-electron chi connectivity index (χ3n) is 2.27. The first-order valence-electron chi connectivity index (χ1n) is 4.37. The highest BCUT2D eigenvalue weighted by atomic mass is 15.3. The number of rotatable bonds is 0. The quantitative estimate of drug-likeness (QED) is 0.539. The zero-order valence-corrected chi connectivity index (χ0v) is 7.62. The van der Waals surface area contributed by atoms with Crippen LogP contribution >= 0.6 is 0 Å². The summed E-state index contributed by atoms with van der Waals surface area (Å²) in [6.07, 6.45) is 3.03. The fourth-order valence-electron chi connectivity index (χ4n) is 1.59. The second kappa shape index (κ2) is 2.75. The number of fused-ring (bicyclic) bond motifs is 3. The zero-order chi connectivity index (χ0) is 10.3. The number of aromatic nitrogens is 4. The second-order valence-corrected chi connectivity index (χ2v) is 3.09. The Balaban J connectivity index is 2.61. The van der Waals surface area contributed by atoms with Crippen molar-refractivity contribution in [1.29, 1.82) is 5.26 Å². The van der Waals surface area contributed by atoms with Gasteiger partial charge in [0.25, 0.3) is 0 Å². The van der Waals surface area contributed by atoms with Gasteiger partial charge in [-0.3, -0.25) is 0 Å². The summed E-state index contributed by atoms with van der Waals surface area (Å²) in [6.45, 7) is 0. The van der Waals surface area contributed by atoms with Crippen LogP contribution in [-0.4, -0.2) is 19.6 Å². The summed E-state index contributed by atoms with van der Waals surface area (Å²) in [6, 6.07) is 7.54. The topological polar surface area (TPSA) is 66.9 Å². The van der Waals surface area contributed by atoms with Gasteiger partial charge in [-0.05, 0) is 12.1 Å². The highest BCUT2D eigenvalue weighted by molar-refractivity contribution is 5.94. The Morgan fingerprint density at radius 3 is 3.07 bits per heavy atom. The lowest BCUT2D eigenvalue weighted by Gasteiger charge is -1.99. The van der Waals surface area contributed by atoms with Gasteiger partial charge in [-0.2, -0.15) is 10.4 Å². The predicted octanol–water partition coefficient (Wildman–Crippen LogP) is 1.15. The van der Waals surface area contributed by atoms with Crippen molar-refractivity contribution in [3.8, 4) is 6.07 Å². The largest absolute Gasteiger partial charge is 0.235 e. The summed E-state index contributed by atoms with van der Waals surface area (Å²) < 4.78 is 1.59. The minimum Gasteiger partial charge on any atom is -0.235 e. The molecule has 15 heavy (non-hydrogen) atoms. The van der Waals surface area contributed by atoms with E-state index >= 15 is 0 Å². The summed E-state index contributed by atoms with van der Waals surface area (Å²) in [5.74, 6) is 0. The number of hydrogen-bond donors (Lipinski definition) is 0. The van der Waals surface area contributed by atoms with E-state index in [0.717, 1.165) is 11.0 Å². The fourth-order valence-corrected chi connectivity index (χ4v) is 1.59. The van der Waals surface area contributed by atoms with Gasteiger partial charge in [0.05, 0.1) is 11.1 Å². The molecule has 0 atom stereocenters. The molecule has 0 saturated carbocycles. The average Bonchev–Trinajstić information content (AvgIpc) is 2.76. The Kier molecular flexibility index (Phi) is 1.45. The molecule has 5 nitrogen and oxygen atoms in total. The van der Waals surface area contributed by atoms with E-state index in [-0.39, 0.29) is 0 Å². The van der Waals surface area contributed by atoms with Gasteiger partial charge < -0.3 is 0 Å². The highest BCUT2D eigenvalue weighted by Gasteiger charge is 2.06. The van der Waals surface area contributed by atoms with Crippen molar-refractivity contribution < 1.29 is 0 Å². The Hall–Kier alpha value is -2.48. The molecule has 1 aromatic carbocycles. The molecule has 2 aromatic heterocycles. The minimum atomic E-state index is 0.554. The summed E-state index contributed by atoms with van der Waals surface area (Å²) in [5.41, 5.74) is 1.94. The summed E-state index contributed by atoms with van der Waals surface area (Å²) in [5, 5.41) is 13.8. The van der Waals surface area contributed by atoms with E-state index < -0.39 is 0 Å². The first kappa shape index (κ1) is 7.88. The van der Waals surface area contributed by atoms with Crippen molar-refractivity contribution >= 4 is 16.6 Å². The third-order valence-corrected chi connectivity index (χ3v) is 2.27. The molecule has 0 unspecified atom stereocenters. The maximum Gasteiger partial charge on any atom is 0.166 e. The molecular weight excluding hydrogens is 190 g/mol. The Labute approximate surface area is 84.6 Å². The molecule has 3 aromatic rings. The molecular formula is C10H5N5. The van der Waals surface area contributed by atoms with Crippen LogP contribution in [0.15, 0.2) is 30.9 Å². The maximum absolute atomic E-state index is 8.93. The monoisotopic (exact) mass is 195 g/mol. The first-order chi connectivity index (χ1) is 7.40. The van der Waals surface area contributed by atoms with Crippen LogP contribution in [0, 0.1) is 11.3 Å². The van der Waals surface area contributed by atoms with Crippen LogP contribution in [0.5, 0.6) is 0 Å². The van der Waals surface area contributed by atoms with Crippen molar-refractivity contribution in [2.45, 2.75) is 0 Å². The highest BCUT2D eigenvalue weighted by Crippen LogP contribution is 2.18. The number of nitrogens with zero attached hydrogens (tertiary/aromatic N) is 5. The number of para-hydroxylation sites is 1. The van der Waals surface area contributed by atoms with E-state index in [2.05, 4.69) is 21.1 Å². The van der Waals surface area contributed by atoms with E-state index in [1.807, 2.05) is 12.1 Å². The lowest BCUT2D eigenvalue weighted by molar-refractivity contribution is 0.934. The molecule has 5 heteroatoms. The smallest absolute Gasteiger partial charge is 0.166 e. The molecule has 2 heterocycles. The van der Waals surface area contributed by atoms with Crippen LogP contribution in [0.25, 0.3) is 16.6 Å². The van der Waals surface area contributed by atoms with Crippen LogP contribution < -0.4 is 0 Å². The Bertz CT molecular complexity index is 692. The molecule has 0 radical (unpaired) electrons. The van der Waals surface area contributed by atoms with Crippen molar-refractivity contribution in [2.24, 2.45) is 0 Å². The van der Waals surface area contributed by atoms with Crippen molar-refractivity contribution in [2.75, 3.05) is 0 Å². The lowest BCUT2D eigenvalue weighted by atomic mass is 10.1. The normalized spacial score (nSPS) is 10.6. The SMILES string of the molecule is N#Cc1cccc2c1ncn1ncnc21. The molecule has 0 amide bonds. The molecule has 0 saturated heterocycles. The summed E-state index contributed by atoms with van der Waals surface area (Å²) >= 11 is 0. The standard InChI is InChI=1S/C10H5N5/c11-4-7-2-1-3-8-9(7)13-6-15-10(8)12-5-14-15/h1-3,5-6H. The van der Waals surface area contributed by atoms with Gasteiger partial charge in [0.2, 0.25) is 0 Å². The van der Waals surface area contributed by atoms with Crippen LogP contribution in [0.3, 0.4) is 0 Å². The number of hydrogen-bond acceptors (Lipinski definition) is 4. The molecule has 0 aliphatic carbocycles. The van der Waals surface area contributed by atoms with Crippen LogP contribution in [-0.2, 0) is 0 Å². The second-order valence-electron chi connectivity index (χ2n) is 3.09. The molecule has 0 aliphatic heterocycles. The van der Waals surface area contributed by atoms with Crippen LogP contribution in [0.1, 0.15) is 5.56 Å². The molecule has 0 bridgehead atoms. The van der Waals surface area contributed by atoms with Gasteiger partial charge in [0, 0.05) is 5.39 Å². The first-order valence-corrected chi connectivity index (χ1v) is 4.37. The van der Waals surface area contributed by atoms with Crippen molar-refractivity contribution in [1.82, 2.24) is 19.6 Å². The Morgan fingerprint density at radius 2 is 2.20 bits per heavy atom. The number of nitriles is 1. The van der Waals surface area contributed by atoms with Gasteiger partial charge in [-0.15, -0.1) is 0 Å². The average molecular weight is 195 g/mol. The van der Waals surface area contributed by atoms with Crippen LogP contribution in [0.2, 0.25) is 0 Å². The van der Waals surface area contributed by atoms with Crippen molar-refractivity contribution in [3.05, 3.63) is 36.4 Å². The minimum absolute atomic E-state index is 0.554. The van der Waals surface area contributed by atoms with E-state index in [1.54, 1.807) is 16.9 Å². The van der Waals surface area contributed by atoms with Gasteiger partial charge >= 0.3 is 0 Å². The van der Waals surface area contributed by atoms with Gasteiger partial charge in [0.15, 0.2) is 5.65 Å². The Morgan fingerprint density at radius 1 is 1.27 bits per heavy atom. The summed E-state index contributed by atoms with van der Waals surface area (Å²) in [4.78, 5) is 8.32. The maximum atomic E-state index is 8.93. The van der Waals surface area contributed by atoms with Gasteiger partial charge in [-0.25, -0.2) is 14.5 Å². The molecule has 0 spiro atoms. The molecule has 0 N–H and O–H groups in total. The molecule has 0 fully saturated rings. The third kappa shape index (κ3) is 0.987. The number of benzene rings is 1. The molecule has 0 aliphatic rings. The van der Waals surface area contributed by atoms with E-state index in [0.29, 0.717) is 11.1 Å². The molecule has 70 valence electrons. The van der Waals surface area contributed by atoms with E-state index in [1.165, 1.54) is 6.33 Å². The summed E-state index contributed by atoms with van der Waals surface area (Å²) in [7, 11) is 0. The predicted molar refractivity (Wildman–Crippen MR) is 53.0 cm³/mol. The van der Waals surface area contributed by atoms with Gasteiger partial charge in [0.1, 0.15) is 18.7 Å². The van der Waals surface area contributed by atoms with Crippen molar-refractivity contribution in [3.63, 3.8) is 0 Å². The van der Waals surface area contributed by atoms with Crippen LogP contribution in [0.4, 0.5) is 0 Å². The fraction of sp³-hybridized carbons (Fsp3) is 0. The van der Waals surface area contributed by atoms with E-state index in [4.69, 9.17) is 5.26 Å². The van der Waals surface area contributed by atoms with Gasteiger partial charge in [-0.1, -0.05) is 6.07 Å². The molecule has 3 rings (SSSR count).